The van der Waals surface area contributed by atoms with Gasteiger partial charge in [0.2, 0.25) is 0 Å². The highest BCUT2D eigenvalue weighted by Crippen LogP contribution is 2.26. The molecule has 0 radical (unpaired) electrons. The number of carbonyl (C=O) groups excluding carboxylic acids is 1. The quantitative estimate of drug-likeness (QED) is 0.570. The van der Waals surface area contributed by atoms with Crippen molar-refractivity contribution in [3.05, 3.63) is 63.7 Å². The largest absolute Gasteiger partial charge is 0.293 e. The molecule has 0 fully saturated rings. The van der Waals surface area contributed by atoms with Crippen LogP contribution in [0.2, 0.25) is 0 Å². The number of hydrogen-bond donors (Lipinski definition) is 0. The van der Waals surface area contributed by atoms with Gasteiger partial charge in [0, 0.05) is 10.5 Å². The van der Waals surface area contributed by atoms with E-state index >= 15 is 0 Å². The zero-order valence-electron chi connectivity index (χ0n) is 13.4. The second-order valence-electron chi connectivity index (χ2n) is 5.75. The second-order valence-corrected chi connectivity index (χ2v) is 6.77. The molecule has 0 aliphatic carbocycles. The summed E-state index contributed by atoms with van der Waals surface area (Å²) < 4.78 is 0. The van der Waals surface area contributed by atoms with Crippen molar-refractivity contribution in [3.63, 3.8) is 0 Å². The number of carbonyl (C=O) groups is 1. The molecule has 2 heteroatoms. The van der Waals surface area contributed by atoms with Crippen molar-refractivity contribution >= 4 is 17.5 Å². The highest BCUT2D eigenvalue weighted by atomic mass is 32.2. The Hall–Kier alpha value is -1.54. The first-order chi connectivity index (χ1) is 9.88. The molecule has 0 N–H and O–H groups in total. The lowest BCUT2D eigenvalue weighted by Crippen LogP contribution is -2.08. The summed E-state index contributed by atoms with van der Waals surface area (Å²) in [6, 6.07) is 10.5. The lowest BCUT2D eigenvalue weighted by atomic mass is 9.97. The summed E-state index contributed by atoms with van der Waals surface area (Å²) >= 11 is 1.64. The smallest absolute Gasteiger partial charge is 0.173 e. The molecule has 0 saturated heterocycles. The number of benzene rings is 2. The average Bonchev–Trinajstić information content (AvgIpc) is 2.38. The molecular weight excluding hydrogens is 276 g/mol. The van der Waals surface area contributed by atoms with E-state index in [1.54, 1.807) is 11.8 Å². The van der Waals surface area contributed by atoms with Crippen LogP contribution < -0.4 is 0 Å². The van der Waals surface area contributed by atoms with Crippen molar-refractivity contribution < 1.29 is 4.79 Å². The molecule has 0 aliphatic rings. The van der Waals surface area contributed by atoms with Gasteiger partial charge in [0.05, 0.1) is 5.75 Å². The fourth-order valence-electron chi connectivity index (χ4n) is 2.70. The fourth-order valence-corrected chi connectivity index (χ4v) is 3.69. The van der Waals surface area contributed by atoms with E-state index in [4.69, 9.17) is 0 Å². The number of aryl methyl sites for hydroxylation is 5. The summed E-state index contributed by atoms with van der Waals surface area (Å²) in [6.45, 7) is 10.3. The summed E-state index contributed by atoms with van der Waals surface area (Å²) in [4.78, 5) is 13.7. The summed E-state index contributed by atoms with van der Waals surface area (Å²) in [5, 5.41) is 0. The highest BCUT2D eigenvalue weighted by Gasteiger charge is 2.13. The summed E-state index contributed by atoms with van der Waals surface area (Å²) in [6.07, 6.45) is 0. The highest BCUT2D eigenvalue weighted by molar-refractivity contribution is 8.00. The van der Waals surface area contributed by atoms with E-state index in [-0.39, 0.29) is 5.78 Å². The Morgan fingerprint density at radius 2 is 1.48 bits per heavy atom. The SMILES string of the molecule is Cc1cc(C)c(C(=O)CSc2cc(C)ccc2C)c(C)c1. The average molecular weight is 298 g/mol. The molecule has 2 aromatic carbocycles. The van der Waals surface area contributed by atoms with Crippen LogP contribution in [0, 0.1) is 34.6 Å². The van der Waals surface area contributed by atoms with Crippen molar-refractivity contribution in [3.8, 4) is 0 Å². The van der Waals surface area contributed by atoms with E-state index in [0.29, 0.717) is 5.75 Å². The first kappa shape index (κ1) is 15.8. The van der Waals surface area contributed by atoms with Gasteiger partial charge in [-0.1, -0.05) is 35.4 Å². The normalized spacial score (nSPS) is 10.7. The maximum absolute atomic E-state index is 12.5. The standard InChI is InChI=1S/C19H22OS/c1-12-6-7-14(3)18(10-12)21-11-17(20)19-15(4)8-13(2)9-16(19)5/h6-10H,11H2,1-5H3. The molecular formula is C19H22OS. The molecule has 0 spiro atoms. The van der Waals surface area contributed by atoms with Crippen LogP contribution in [0.3, 0.4) is 0 Å². The molecule has 0 bridgehead atoms. The molecule has 0 saturated carbocycles. The van der Waals surface area contributed by atoms with Crippen LogP contribution >= 0.6 is 11.8 Å². The Morgan fingerprint density at radius 3 is 2.10 bits per heavy atom. The number of Topliss-reactive ketones (excluding diaryl/α,β-unsaturated/α-hetero) is 1. The van der Waals surface area contributed by atoms with Crippen molar-refractivity contribution in [1.29, 1.82) is 0 Å². The monoisotopic (exact) mass is 298 g/mol. The topological polar surface area (TPSA) is 17.1 Å². The molecule has 21 heavy (non-hydrogen) atoms. The van der Waals surface area contributed by atoms with E-state index in [9.17, 15) is 4.79 Å². The number of rotatable bonds is 4. The van der Waals surface area contributed by atoms with Crippen LogP contribution in [0.4, 0.5) is 0 Å². The molecule has 2 aromatic rings. The molecule has 0 amide bonds. The summed E-state index contributed by atoms with van der Waals surface area (Å²) in [5.74, 6) is 0.714. The van der Waals surface area contributed by atoms with Crippen molar-refractivity contribution in [2.45, 2.75) is 39.5 Å². The van der Waals surface area contributed by atoms with Crippen molar-refractivity contribution in [2.75, 3.05) is 5.75 Å². The van der Waals surface area contributed by atoms with E-state index in [1.807, 2.05) is 13.8 Å². The minimum atomic E-state index is 0.218. The molecule has 110 valence electrons. The first-order valence-electron chi connectivity index (χ1n) is 7.19. The van der Waals surface area contributed by atoms with Crippen LogP contribution in [0.25, 0.3) is 0 Å². The summed E-state index contributed by atoms with van der Waals surface area (Å²) in [7, 11) is 0. The lowest BCUT2D eigenvalue weighted by molar-refractivity contribution is 0.102. The molecule has 0 heterocycles. The van der Waals surface area contributed by atoms with Crippen molar-refractivity contribution in [2.24, 2.45) is 0 Å². The van der Waals surface area contributed by atoms with Gasteiger partial charge in [-0.05, 0) is 57.4 Å². The van der Waals surface area contributed by atoms with Gasteiger partial charge < -0.3 is 0 Å². The molecule has 0 atom stereocenters. The van der Waals surface area contributed by atoms with Gasteiger partial charge in [0.25, 0.3) is 0 Å². The van der Waals surface area contributed by atoms with E-state index < -0.39 is 0 Å². The fraction of sp³-hybridized carbons (Fsp3) is 0.316. The minimum absolute atomic E-state index is 0.218. The Balaban J connectivity index is 2.18. The number of thioether (sulfide) groups is 1. The Kier molecular flexibility index (Phi) is 4.89. The van der Waals surface area contributed by atoms with Crippen LogP contribution in [0.1, 0.15) is 38.2 Å². The molecule has 2 rings (SSSR count). The molecule has 1 nitrogen and oxygen atoms in total. The third kappa shape index (κ3) is 3.76. The molecule has 0 unspecified atom stereocenters. The van der Waals surface area contributed by atoms with Crippen LogP contribution in [-0.4, -0.2) is 11.5 Å². The Bertz CT molecular complexity index is 663. The van der Waals surface area contributed by atoms with Gasteiger partial charge in [-0.3, -0.25) is 4.79 Å². The summed E-state index contributed by atoms with van der Waals surface area (Å²) in [5.41, 5.74) is 6.73. The van der Waals surface area contributed by atoms with E-state index in [0.717, 1.165) is 16.7 Å². The van der Waals surface area contributed by atoms with Gasteiger partial charge >= 0.3 is 0 Å². The lowest BCUT2D eigenvalue weighted by Gasteiger charge is -2.11. The first-order valence-corrected chi connectivity index (χ1v) is 8.18. The molecule has 0 aromatic heterocycles. The maximum Gasteiger partial charge on any atom is 0.173 e. The van der Waals surface area contributed by atoms with Gasteiger partial charge in [-0.2, -0.15) is 0 Å². The maximum atomic E-state index is 12.5. The second kappa shape index (κ2) is 6.48. The van der Waals surface area contributed by atoms with Gasteiger partial charge in [-0.15, -0.1) is 11.8 Å². The van der Waals surface area contributed by atoms with E-state index in [1.165, 1.54) is 21.6 Å². The van der Waals surface area contributed by atoms with Crippen molar-refractivity contribution in [1.82, 2.24) is 0 Å². The molecule has 0 aliphatic heterocycles. The van der Waals surface area contributed by atoms with Gasteiger partial charge in [-0.25, -0.2) is 0 Å². The van der Waals surface area contributed by atoms with Crippen LogP contribution in [0.15, 0.2) is 35.2 Å². The van der Waals surface area contributed by atoms with Gasteiger partial charge in [0.15, 0.2) is 5.78 Å². The Morgan fingerprint density at radius 1 is 0.857 bits per heavy atom. The number of ketones is 1. The van der Waals surface area contributed by atoms with Crippen LogP contribution in [-0.2, 0) is 0 Å². The predicted molar refractivity (Wildman–Crippen MR) is 91.6 cm³/mol. The third-order valence-electron chi connectivity index (χ3n) is 3.66. The van der Waals surface area contributed by atoms with Gasteiger partial charge in [0.1, 0.15) is 0 Å². The minimum Gasteiger partial charge on any atom is -0.293 e. The third-order valence-corrected chi connectivity index (χ3v) is 4.82. The zero-order chi connectivity index (χ0) is 15.6. The predicted octanol–water partition coefficient (Wildman–Crippen LogP) is 5.20. The number of hydrogen-bond acceptors (Lipinski definition) is 2. The Labute approximate surface area is 131 Å². The van der Waals surface area contributed by atoms with E-state index in [2.05, 4.69) is 51.1 Å². The van der Waals surface area contributed by atoms with Crippen LogP contribution in [0.5, 0.6) is 0 Å². The zero-order valence-corrected chi connectivity index (χ0v) is 14.2.